The lowest BCUT2D eigenvalue weighted by Crippen LogP contribution is -2.28. The van der Waals surface area contributed by atoms with E-state index in [0.717, 1.165) is 25.8 Å². The molecule has 0 aromatic heterocycles. The van der Waals surface area contributed by atoms with E-state index in [1.807, 2.05) is 0 Å². The molecule has 0 aliphatic rings. The number of aryl methyl sites for hydroxylation is 1. The Balaban J connectivity index is 2.16. The van der Waals surface area contributed by atoms with Crippen LogP contribution in [0.5, 0.6) is 0 Å². The average molecular weight is 237 g/mol. The lowest BCUT2D eigenvalue weighted by atomic mass is 10.1. The first kappa shape index (κ1) is 14.2. The van der Waals surface area contributed by atoms with Gasteiger partial charge in [-0.3, -0.25) is 4.39 Å². The summed E-state index contributed by atoms with van der Waals surface area (Å²) in [5, 5.41) is 3.48. The molecule has 1 aromatic carbocycles. The molecular weight excluding hydrogens is 213 g/mol. The van der Waals surface area contributed by atoms with Crippen LogP contribution in [-0.2, 0) is 6.42 Å². The maximum Gasteiger partial charge on any atom is 0.0894 e. The molecule has 17 heavy (non-hydrogen) atoms. The van der Waals surface area contributed by atoms with Crippen LogP contribution in [0.4, 0.5) is 4.39 Å². The van der Waals surface area contributed by atoms with Crippen LogP contribution < -0.4 is 5.32 Å². The van der Waals surface area contributed by atoms with Gasteiger partial charge in [0.15, 0.2) is 0 Å². The molecular formula is C15H24FN. The van der Waals surface area contributed by atoms with E-state index in [2.05, 4.69) is 43.4 Å². The molecule has 0 spiro atoms. The monoisotopic (exact) mass is 237 g/mol. The van der Waals surface area contributed by atoms with Gasteiger partial charge in [0.05, 0.1) is 6.67 Å². The molecule has 0 radical (unpaired) electrons. The van der Waals surface area contributed by atoms with Crippen molar-refractivity contribution in [2.45, 2.75) is 45.6 Å². The SMILES string of the molecule is Cc1ccc(CC(C)NCCCCCF)cc1. The minimum atomic E-state index is -0.182. The van der Waals surface area contributed by atoms with Gasteiger partial charge in [0, 0.05) is 6.04 Å². The molecule has 0 saturated heterocycles. The van der Waals surface area contributed by atoms with Gasteiger partial charge in [-0.1, -0.05) is 29.8 Å². The van der Waals surface area contributed by atoms with E-state index in [9.17, 15) is 4.39 Å². The van der Waals surface area contributed by atoms with Gasteiger partial charge in [-0.25, -0.2) is 0 Å². The van der Waals surface area contributed by atoms with Crippen molar-refractivity contribution >= 4 is 0 Å². The summed E-state index contributed by atoms with van der Waals surface area (Å²) >= 11 is 0. The summed E-state index contributed by atoms with van der Waals surface area (Å²) in [6.45, 7) is 5.12. The fourth-order valence-corrected chi connectivity index (χ4v) is 1.89. The van der Waals surface area contributed by atoms with Gasteiger partial charge in [-0.2, -0.15) is 0 Å². The molecule has 1 aromatic rings. The normalized spacial score (nSPS) is 12.6. The van der Waals surface area contributed by atoms with Crippen LogP contribution in [0, 0.1) is 6.92 Å². The third kappa shape index (κ3) is 6.42. The third-order valence-electron chi connectivity index (χ3n) is 2.97. The van der Waals surface area contributed by atoms with E-state index in [0.29, 0.717) is 12.5 Å². The molecule has 1 nitrogen and oxygen atoms in total. The number of halogens is 1. The van der Waals surface area contributed by atoms with Gasteiger partial charge in [-0.15, -0.1) is 0 Å². The molecule has 2 heteroatoms. The van der Waals surface area contributed by atoms with Crippen LogP contribution >= 0.6 is 0 Å². The number of rotatable bonds is 8. The Hall–Kier alpha value is -0.890. The zero-order valence-corrected chi connectivity index (χ0v) is 11.0. The van der Waals surface area contributed by atoms with Crippen molar-refractivity contribution in [3.8, 4) is 0 Å². The van der Waals surface area contributed by atoms with Crippen molar-refractivity contribution in [1.82, 2.24) is 5.32 Å². The molecule has 0 amide bonds. The third-order valence-corrected chi connectivity index (χ3v) is 2.97. The summed E-state index contributed by atoms with van der Waals surface area (Å²) in [6.07, 6.45) is 3.82. The van der Waals surface area contributed by atoms with Gasteiger partial charge in [0.2, 0.25) is 0 Å². The van der Waals surface area contributed by atoms with Gasteiger partial charge < -0.3 is 5.32 Å². The highest BCUT2D eigenvalue weighted by atomic mass is 19.1. The van der Waals surface area contributed by atoms with E-state index in [-0.39, 0.29) is 6.67 Å². The Morgan fingerprint density at radius 3 is 2.47 bits per heavy atom. The fourth-order valence-electron chi connectivity index (χ4n) is 1.89. The number of benzene rings is 1. The minimum Gasteiger partial charge on any atom is -0.314 e. The first-order valence-electron chi connectivity index (χ1n) is 6.57. The molecule has 0 aliphatic carbocycles. The highest BCUT2D eigenvalue weighted by Crippen LogP contribution is 2.06. The summed E-state index contributed by atoms with van der Waals surface area (Å²) in [6, 6.07) is 9.18. The molecule has 1 unspecified atom stereocenters. The van der Waals surface area contributed by atoms with E-state index < -0.39 is 0 Å². The van der Waals surface area contributed by atoms with Crippen molar-refractivity contribution < 1.29 is 4.39 Å². The maximum absolute atomic E-state index is 11.9. The van der Waals surface area contributed by atoms with Crippen LogP contribution in [0.2, 0.25) is 0 Å². The number of hydrogen-bond acceptors (Lipinski definition) is 1. The number of alkyl halides is 1. The van der Waals surface area contributed by atoms with Gasteiger partial charge in [-0.05, 0) is 51.6 Å². The first-order chi connectivity index (χ1) is 8.22. The smallest absolute Gasteiger partial charge is 0.0894 e. The largest absolute Gasteiger partial charge is 0.314 e. The Morgan fingerprint density at radius 1 is 1.12 bits per heavy atom. The standard InChI is InChI=1S/C15H24FN/c1-13-6-8-15(9-7-13)12-14(2)17-11-5-3-4-10-16/h6-9,14,17H,3-5,10-12H2,1-2H3. The summed E-state index contributed by atoms with van der Waals surface area (Å²) < 4.78 is 11.9. The van der Waals surface area contributed by atoms with E-state index in [1.165, 1.54) is 11.1 Å². The summed E-state index contributed by atoms with van der Waals surface area (Å²) in [7, 11) is 0. The topological polar surface area (TPSA) is 12.0 Å². The average Bonchev–Trinajstić information content (AvgIpc) is 2.32. The van der Waals surface area contributed by atoms with Crippen LogP contribution in [0.1, 0.15) is 37.3 Å². The van der Waals surface area contributed by atoms with Crippen LogP contribution in [0.3, 0.4) is 0 Å². The summed E-state index contributed by atoms with van der Waals surface area (Å²) in [4.78, 5) is 0. The second-order valence-electron chi connectivity index (χ2n) is 4.79. The number of hydrogen-bond donors (Lipinski definition) is 1. The van der Waals surface area contributed by atoms with Gasteiger partial charge >= 0.3 is 0 Å². The quantitative estimate of drug-likeness (QED) is 0.680. The van der Waals surface area contributed by atoms with E-state index >= 15 is 0 Å². The van der Waals surface area contributed by atoms with Crippen LogP contribution in [0.15, 0.2) is 24.3 Å². The van der Waals surface area contributed by atoms with Crippen molar-refractivity contribution in [2.75, 3.05) is 13.2 Å². The molecule has 1 N–H and O–H groups in total. The van der Waals surface area contributed by atoms with E-state index in [4.69, 9.17) is 0 Å². The molecule has 96 valence electrons. The molecule has 0 bridgehead atoms. The van der Waals surface area contributed by atoms with Crippen molar-refractivity contribution in [2.24, 2.45) is 0 Å². The molecule has 1 atom stereocenters. The predicted molar refractivity (Wildman–Crippen MR) is 72.2 cm³/mol. The zero-order valence-electron chi connectivity index (χ0n) is 11.0. The molecule has 0 heterocycles. The van der Waals surface area contributed by atoms with Crippen LogP contribution in [0.25, 0.3) is 0 Å². The fraction of sp³-hybridized carbons (Fsp3) is 0.600. The highest BCUT2D eigenvalue weighted by Gasteiger charge is 2.02. The first-order valence-corrected chi connectivity index (χ1v) is 6.57. The van der Waals surface area contributed by atoms with E-state index in [1.54, 1.807) is 0 Å². The Morgan fingerprint density at radius 2 is 1.82 bits per heavy atom. The molecule has 1 rings (SSSR count). The number of nitrogens with one attached hydrogen (secondary N) is 1. The number of unbranched alkanes of at least 4 members (excludes halogenated alkanes) is 2. The zero-order chi connectivity index (χ0) is 12.5. The Kier molecular flexibility index (Phi) is 6.87. The van der Waals surface area contributed by atoms with Gasteiger partial charge in [0.25, 0.3) is 0 Å². The second-order valence-corrected chi connectivity index (χ2v) is 4.79. The second kappa shape index (κ2) is 8.24. The Bertz CT molecular complexity index is 294. The lowest BCUT2D eigenvalue weighted by Gasteiger charge is -2.13. The highest BCUT2D eigenvalue weighted by molar-refractivity contribution is 5.21. The van der Waals surface area contributed by atoms with Crippen molar-refractivity contribution in [3.63, 3.8) is 0 Å². The van der Waals surface area contributed by atoms with Crippen LogP contribution in [-0.4, -0.2) is 19.3 Å². The van der Waals surface area contributed by atoms with Gasteiger partial charge in [0.1, 0.15) is 0 Å². The van der Waals surface area contributed by atoms with Crippen molar-refractivity contribution in [3.05, 3.63) is 35.4 Å². The molecule has 0 aliphatic heterocycles. The summed E-state index contributed by atoms with van der Waals surface area (Å²) in [5.74, 6) is 0. The minimum absolute atomic E-state index is 0.182. The molecule has 0 fully saturated rings. The Labute approximate surface area is 104 Å². The predicted octanol–water partition coefficient (Wildman–Crippen LogP) is 3.66. The van der Waals surface area contributed by atoms with Crippen molar-refractivity contribution in [1.29, 1.82) is 0 Å². The molecule has 0 saturated carbocycles. The summed E-state index contributed by atoms with van der Waals surface area (Å²) in [5.41, 5.74) is 2.68. The lowest BCUT2D eigenvalue weighted by molar-refractivity contribution is 0.446. The maximum atomic E-state index is 11.9.